The number of hydrogen-bond acceptors (Lipinski definition) is 5. The first kappa shape index (κ1) is 13.8. The van der Waals surface area contributed by atoms with Crippen LogP contribution in [0.3, 0.4) is 0 Å². The van der Waals surface area contributed by atoms with Gasteiger partial charge in [0, 0.05) is 18.3 Å². The van der Waals surface area contributed by atoms with Gasteiger partial charge in [-0.05, 0) is 37.8 Å². The summed E-state index contributed by atoms with van der Waals surface area (Å²) in [5.74, 6) is 1.49. The lowest BCUT2D eigenvalue weighted by Crippen LogP contribution is -2.07. The van der Waals surface area contributed by atoms with Gasteiger partial charge in [-0.25, -0.2) is 4.98 Å². The fourth-order valence-electron chi connectivity index (χ4n) is 1.49. The summed E-state index contributed by atoms with van der Waals surface area (Å²) in [7, 11) is 0. The zero-order valence-electron chi connectivity index (χ0n) is 10.1. The second-order valence-electron chi connectivity index (χ2n) is 3.71. The van der Waals surface area contributed by atoms with Gasteiger partial charge >= 0.3 is 5.69 Å². The topological polar surface area (TPSA) is 68.1 Å². The molecule has 0 aromatic carbocycles. The molecule has 0 atom stereocenters. The van der Waals surface area contributed by atoms with Crippen LogP contribution in [0.1, 0.15) is 18.4 Å². The minimum absolute atomic E-state index is 0.0809. The summed E-state index contributed by atoms with van der Waals surface area (Å²) in [5, 5.41) is 13.9. The SMILES string of the molecule is CSCCCCNc1nccc(C)c1[N+](=O)[O-]. The van der Waals surface area contributed by atoms with Crippen molar-refractivity contribution in [1.29, 1.82) is 0 Å². The van der Waals surface area contributed by atoms with Crippen LogP contribution in [0.5, 0.6) is 0 Å². The highest BCUT2D eigenvalue weighted by molar-refractivity contribution is 7.98. The van der Waals surface area contributed by atoms with E-state index in [1.807, 2.05) is 0 Å². The molecule has 0 saturated carbocycles. The molecule has 1 heterocycles. The predicted octanol–water partition coefficient (Wildman–Crippen LogP) is 2.85. The summed E-state index contributed by atoms with van der Waals surface area (Å²) in [6.07, 6.45) is 5.76. The standard InChI is InChI=1S/C11H17N3O2S/c1-9-5-7-13-11(10(9)14(15)16)12-6-3-4-8-17-2/h5,7H,3-4,6,8H2,1-2H3,(H,12,13). The number of nitrogens with zero attached hydrogens (tertiary/aromatic N) is 2. The van der Waals surface area contributed by atoms with Gasteiger partial charge in [0.15, 0.2) is 0 Å². The van der Waals surface area contributed by atoms with E-state index in [1.54, 1.807) is 30.9 Å². The van der Waals surface area contributed by atoms with Gasteiger partial charge in [-0.1, -0.05) is 0 Å². The number of unbranched alkanes of at least 4 members (excludes halogenated alkanes) is 1. The van der Waals surface area contributed by atoms with Crippen molar-refractivity contribution in [3.63, 3.8) is 0 Å². The summed E-state index contributed by atoms with van der Waals surface area (Å²) in [6.45, 7) is 2.44. The van der Waals surface area contributed by atoms with Crippen LogP contribution < -0.4 is 5.32 Å². The van der Waals surface area contributed by atoms with Crippen LogP contribution in [0.2, 0.25) is 0 Å². The first-order chi connectivity index (χ1) is 8.16. The highest BCUT2D eigenvalue weighted by atomic mass is 32.2. The van der Waals surface area contributed by atoms with Crippen LogP contribution in [-0.2, 0) is 0 Å². The van der Waals surface area contributed by atoms with Crippen LogP contribution in [-0.4, -0.2) is 28.5 Å². The molecule has 5 nitrogen and oxygen atoms in total. The number of nitro groups is 1. The Kier molecular flexibility index (Phi) is 5.76. The summed E-state index contributed by atoms with van der Waals surface area (Å²) in [5.41, 5.74) is 0.717. The molecule has 17 heavy (non-hydrogen) atoms. The molecule has 1 aromatic rings. The number of hydrogen-bond donors (Lipinski definition) is 1. The van der Waals surface area contributed by atoms with Gasteiger partial charge < -0.3 is 5.32 Å². The fourth-order valence-corrected chi connectivity index (χ4v) is 1.98. The van der Waals surface area contributed by atoms with Gasteiger partial charge in [-0.3, -0.25) is 10.1 Å². The first-order valence-corrected chi connectivity index (χ1v) is 6.89. The van der Waals surface area contributed by atoms with Gasteiger partial charge in [0.1, 0.15) is 0 Å². The van der Waals surface area contributed by atoms with Crippen molar-refractivity contribution in [2.45, 2.75) is 19.8 Å². The van der Waals surface area contributed by atoms with Crippen molar-refractivity contribution < 1.29 is 4.92 Å². The van der Waals surface area contributed by atoms with Crippen molar-refractivity contribution in [3.8, 4) is 0 Å². The van der Waals surface area contributed by atoms with E-state index in [1.165, 1.54) is 0 Å². The molecular formula is C11H17N3O2S. The van der Waals surface area contributed by atoms with Crippen LogP contribution in [0.25, 0.3) is 0 Å². The van der Waals surface area contributed by atoms with Gasteiger partial charge in [0.25, 0.3) is 0 Å². The molecule has 0 aliphatic heterocycles. The number of thioether (sulfide) groups is 1. The number of aromatic nitrogens is 1. The second kappa shape index (κ2) is 7.11. The van der Waals surface area contributed by atoms with E-state index in [2.05, 4.69) is 16.6 Å². The summed E-state index contributed by atoms with van der Waals surface area (Å²) >= 11 is 1.81. The minimum Gasteiger partial charge on any atom is -0.364 e. The van der Waals surface area contributed by atoms with Crippen LogP contribution in [0.15, 0.2) is 12.3 Å². The zero-order chi connectivity index (χ0) is 12.7. The molecule has 1 rings (SSSR count). The maximum Gasteiger partial charge on any atom is 0.314 e. The van der Waals surface area contributed by atoms with E-state index in [-0.39, 0.29) is 10.6 Å². The molecule has 0 aliphatic carbocycles. The smallest absolute Gasteiger partial charge is 0.314 e. The molecule has 0 bridgehead atoms. The maximum atomic E-state index is 10.9. The molecule has 0 aliphatic rings. The number of nitrogens with one attached hydrogen (secondary N) is 1. The third-order valence-corrected chi connectivity index (χ3v) is 3.07. The lowest BCUT2D eigenvalue weighted by atomic mass is 10.2. The summed E-state index contributed by atoms with van der Waals surface area (Å²) in [4.78, 5) is 14.5. The number of pyridine rings is 1. The maximum absolute atomic E-state index is 10.9. The Labute approximate surface area is 105 Å². The van der Waals surface area contributed by atoms with E-state index in [0.29, 0.717) is 11.4 Å². The Morgan fingerprint density at radius 2 is 2.29 bits per heavy atom. The molecule has 0 radical (unpaired) electrons. The monoisotopic (exact) mass is 255 g/mol. The Bertz CT molecular complexity index is 385. The average molecular weight is 255 g/mol. The first-order valence-electron chi connectivity index (χ1n) is 5.49. The average Bonchev–Trinajstić information content (AvgIpc) is 2.28. The Hall–Kier alpha value is -1.30. The van der Waals surface area contributed by atoms with Gasteiger partial charge in [0.05, 0.1) is 4.92 Å². The number of rotatable bonds is 7. The molecule has 0 fully saturated rings. The minimum atomic E-state index is -0.382. The molecule has 6 heteroatoms. The number of anilines is 1. The van der Waals surface area contributed by atoms with E-state index >= 15 is 0 Å². The molecule has 94 valence electrons. The predicted molar refractivity (Wildman–Crippen MR) is 71.7 cm³/mol. The third-order valence-electron chi connectivity index (χ3n) is 2.38. The van der Waals surface area contributed by atoms with Crippen molar-refractivity contribution in [1.82, 2.24) is 4.98 Å². The molecule has 1 aromatic heterocycles. The highest BCUT2D eigenvalue weighted by Crippen LogP contribution is 2.25. The molecule has 0 amide bonds. The lowest BCUT2D eigenvalue weighted by Gasteiger charge is -2.06. The molecule has 0 unspecified atom stereocenters. The normalized spacial score (nSPS) is 10.2. The molecule has 0 saturated heterocycles. The van der Waals surface area contributed by atoms with Gasteiger partial charge in [-0.2, -0.15) is 11.8 Å². The third kappa shape index (κ3) is 4.22. The largest absolute Gasteiger partial charge is 0.364 e. The quantitative estimate of drug-likeness (QED) is 0.461. The highest BCUT2D eigenvalue weighted by Gasteiger charge is 2.17. The van der Waals surface area contributed by atoms with Gasteiger partial charge in [0.2, 0.25) is 5.82 Å². The van der Waals surface area contributed by atoms with E-state index in [0.717, 1.165) is 25.1 Å². The summed E-state index contributed by atoms with van der Waals surface area (Å²) in [6, 6.07) is 1.65. The number of aryl methyl sites for hydroxylation is 1. The van der Waals surface area contributed by atoms with E-state index in [9.17, 15) is 10.1 Å². The van der Waals surface area contributed by atoms with E-state index < -0.39 is 0 Å². The van der Waals surface area contributed by atoms with Crippen molar-refractivity contribution in [3.05, 3.63) is 27.9 Å². The van der Waals surface area contributed by atoms with Crippen LogP contribution in [0, 0.1) is 17.0 Å². The zero-order valence-corrected chi connectivity index (χ0v) is 10.9. The Morgan fingerprint density at radius 1 is 1.53 bits per heavy atom. The summed E-state index contributed by atoms with van der Waals surface area (Å²) < 4.78 is 0. The van der Waals surface area contributed by atoms with E-state index in [4.69, 9.17) is 0 Å². The van der Waals surface area contributed by atoms with Crippen molar-refractivity contribution >= 4 is 23.3 Å². The van der Waals surface area contributed by atoms with Crippen LogP contribution >= 0.6 is 11.8 Å². The van der Waals surface area contributed by atoms with Crippen molar-refractivity contribution in [2.24, 2.45) is 0 Å². The molecular weight excluding hydrogens is 238 g/mol. The van der Waals surface area contributed by atoms with Gasteiger partial charge in [-0.15, -0.1) is 0 Å². The Balaban J connectivity index is 2.58. The van der Waals surface area contributed by atoms with Crippen molar-refractivity contribution in [2.75, 3.05) is 23.9 Å². The fraction of sp³-hybridized carbons (Fsp3) is 0.545. The Morgan fingerprint density at radius 3 is 2.94 bits per heavy atom. The second-order valence-corrected chi connectivity index (χ2v) is 4.69. The molecule has 1 N–H and O–H groups in total. The molecule has 0 spiro atoms. The lowest BCUT2D eigenvalue weighted by molar-refractivity contribution is -0.384. The van der Waals surface area contributed by atoms with Crippen LogP contribution in [0.4, 0.5) is 11.5 Å².